The van der Waals surface area contributed by atoms with E-state index in [2.05, 4.69) is 16.0 Å². The highest BCUT2D eigenvalue weighted by Crippen LogP contribution is 2.16. The van der Waals surface area contributed by atoms with Gasteiger partial charge in [0, 0.05) is 23.5 Å². The van der Waals surface area contributed by atoms with E-state index in [1.165, 1.54) is 0 Å². The highest BCUT2D eigenvalue weighted by Gasteiger charge is 2.07. The molecular formula is C26H29N3O3. The molecule has 0 aromatic heterocycles. The molecule has 3 aromatic rings. The van der Waals surface area contributed by atoms with Crippen molar-refractivity contribution in [3.8, 4) is 5.75 Å². The third-order valence-electron chi connectivity index (χ3n) is 4.66. The van der Waals surface area contributed by atoms with Crippen molar-refractivity contribution in [1.82, 2.24) is 5.32 Å². The van der Waals surface area contributed by atoms with E-state index in [-0.39, 0.29) is 24.5 Å². The van der Waals surface area contributed by atoms with Crippen LogP contribution in [0, 0.1) is 6.92 Å². The van der Waals surface area contributed by atoms with Gasteiger partial charge in [-0.2, -0.15) is 0 Å². The van der Waals surface area contributed by atoms with Crippen LogP contribution >= 0.6 is 0 Å². The van der Waals surface area contributed by atoms with Crippen LogP contribution in [0.1, 0.15) is 35.3 Å². The molecule has 3 rings (SSSR count). The summed E-state index contributed by atoms with van der Waals surface area (Å²) >= 11 is 0. The highest BCUT2D eigenvalue weighted by atomic mass is 16.5. The minimum atomic E-state index is -0.155. The van der Waals surface area contributed by atoms with E-state index in [9.17, 15) is 9.59 Å². The number of carbonyl (C=O) groups is 2. The molecule has 0 bridgehead atoms. The second-order valence-corrected chi connectivity index (χ2v) is 7.84. The maximum absolute atomic E-state index is 12.3. The van der Waals surface area contributed by atoms with Crippen LogP contribution in [0.4, 0.5) is 11.4 Å². The van der Waals surface area contributed by atoms with E-state index in [4.69, 9.17) is 4.74 Å². The zero-order valence-corrected chi connectivity index (χ0v) is 18.6. The Balaban J connectivity index is 1.42. The second-order valence-electron chi connectivity index (χ2n) is 7.84. The van der Waals surface area contributed by atoms with E-state index in [1.54, 1.807) is 18.2 Å². The Kier molecular flexibility index (Phi) is 7.86. The number of hydrogen-bond acceptors (Lipinski definition) is 4. The molecule has 166 valence electrons. The van der Waals surface area contributed by atoms with Gasteiger partial charge in [0.25, 0.3) is 5.91 Å². The minimum absolute atomic E-state index is 0.107. The van der Waals surface area contributed by atoms with Gasteiger partial charge in [-0.05, 0) is 74.9 Å². The predicted octanol–water partition coefficient (Wildman–Crippen LogP) is 4.76. The van der Waals surface area contributed by atoms with E-state index >= 15 is 0 Å². The summed E-state index contributed by atoms with van der Waals surface area (Å²) in [5.41, 5.74) is 4.14. The average Bonchev–Trinajstić information content (AvgIpc) is 2.78. The van der Waals surface area contributed by atoms with Crippen molar-refractivity contribution in [2.45, 2.75) is 33.4 Å². The van der Waals surface area contributed by atoms with Crippen molar-refractivity contribution in [3.05, 3.63) is 89.5 Å². The number of rotatable bonds is 9. The molecule has 0 aliphatic rings. The molecule has 0 saturated carbocycles. The Morgan fingerprint density at radius 1 is 0.906 bits per heavy atom. The molecule has 2 amide bonds. The van der Waals surface area contributed by atoms with Gasteiger partial charge >= 0.3 is 0 Å². The van der Waals surface area contributed by atoms with E-state index in [0.29, 0.717) is 17.8 Å². The fourth-order valence-corrected chi connectivity index (χ4v) is 3.06. The first-order chi connectivity index (χ1) is 15.4. The third kappa shape index (κ3) is 7.16. The summed E-state index contributed by atoms with van der Waals surface area (Å²) in [5, 5.41) is 8.85. The van der Waals surface area contributed by atoms with Gasteiger partial charge in [0.2, 0.25) is 5.91 Å². The Morgan fingerprint density at radius 2 is 1.59 bits per heavy atom. The molecule has 0 atom stereocenters. The van der Waals surface area contributed by atoms with Crippen LogP contribution in [0.5, 0.6) is 5.75 Å². The first-order valence-corrected chi connectivity index (χ1v) is 10.6. The van der Waals surface area contributed by atoms with Crippen LogP contribution in [-0.2, 0) is 11.3 Å². The number of aryl methyl sites for hydroxylation is 1. The van der Waals surface area contributed by atoms with Gasteiger partial charge in [-0.1, -0.05) is 29.8 Å². The molecule has 0 radical (unpaired) electrons. The van der Waals surface area contributed by atoms with Crippen molar-refractivity contribution >= 4 is 23.2 Å². The minimum Gasteiger partial charge on any atom is -0.491 e. The monoisotopic (exact) mass is 431 g/mol. The summed E-state index contributed by atoms with van der Waals surface area (Å²) in [6, 6.07) is 22.4. The fraction of sp³-hybridized carbons (Fsp3) is 0.231. The van der Waals surface area contributed by atoms with Gasteiger partial charge in [-0.15, -0.1) is 0 Å². The smallest absolute Gasteiger partial charge is 0.255 e. The summed E-state index contributed by atoms with van der Waals surface area (Å²) in [6.07, 6.45) is 0.130. The molecule has 6 nitrogen and oxygen atoms in total. The largest absolute Gasteiger partial charge is 0.491 e. The Labute approximate surface area is 189 Å². The quantitative estimate of drug-likeness (QED) is 0.456. The predicted molar refractivity (Wildman–Crippen MR) is 128 cm³/mol. The molecule has 32 heavy (non-hydrogen) atoms. The standard InChI is InChI=1S/C26H29N3O3/c1-18(2)32-24-13-7-20(8-14-24)16-28-25(30)17-27-22-9-11-23(12-10-22)29-26(31)21-6-4-5-19(3)15-21/h4-15,18,27H,16-17H2,1-3H3,(H,28,30)(H,29,31). The molecule has 0 spiro atoms. The molecule has 3 aromatic carbocycles. The summed E-state index contributed by atoms with van der Waals surface area (Å²) in [4.78, 5) is 24.5. The molecule has 0 fully saturated rings. The molecule has 0 saturated heterocycles. The topological polar surface area (TPSA) is 79.5 Å². The van der Waals surface area contributed by atoms with Gasteiger partial charge in [-0.3, -0.25) is 9.59 Å². The highest BCUT2D eigenvalue weighted by molar-refractivity contribution is 6.04. The van der Waals surface area contributed by atoms with Crippen molar-refractivity contribution < 1.29 is 14.3 Å². The summed E-state index contributed by atoms with van der Waals surface area (Å²) in [5.74, 6) is 0.553. The van der Waals surface area contributed by atoms with Crippen LogP contribution < -0.4 is 20.7 Å². The summed E-state index contributed by atoms with van der Waals surface area (Å²) < 4.78 is 5.62. The van der Waals surface area contributed by atoms with Gasteiger partial charge in [0.05, 0.1) is 12.6 Å². The number of carbonyl (C=O) groups excluding carboxylic acids is 2. The van der Waals surface area contributed by atoms with E-state index in [0.717, 1.165) is 22.6 Å². The zero-order valence-electron chi connectivity index (χ0n) is 18.6. The number of benzene rings is 3. The average molecular weight is 432 g/mol. The second kappa shape index (κ2) is 11.0. The van der Waals surface area contributed by atoms with Crippen molar-refractivity contribution in [1.29, 1.82) is 0 Å². The summed E-state index contributed by atoms with van der Waals surface area (Å²) in [6.45, 7) is 6.52. The van der Waals surface area contributed by atoms with Crippen LogP contribution in [0.2, 0.25) is 0 Å². The Morgan fingerprint density at radius 3 is 2.25 bits per heavy atom. The Hall–Kier alpha value is -3.80. The lowest BCUT2D eigenvalue weighted by Crippen LogP contribution is -2.29. The SMILES string of the molecule is Cc1cccc(C(=O)Nc2ccc(NCC(=O)NCc3ccc(OC(C)C)cc3)cc2)c1. The first kappa shape index (κ1) is 22.9. The van der Waals surface area contributed by atoms with E-state index < -0.39 is 0 Å². The van der Waals surface area contributed by atoms with Crippen molar-refractivity contribution in [2.75, 3.05) is 17.2 Å². The molecule has 0 heterocycles. The lowest BCUT2D eigenvalue weighted by atomic mass is 10.1. The third-order valence-corrected chi connectivity index (χ3v) is 4.66. The number of hydrogen-bond donors (Lipinski definition) is 3. The Bertz CT molecular complexity index is 1040. The van der Waals surface area contributed by atoms with Gasteiger partial charge in [0.15, 0.2) is 0 Å². The molecule has 0 aliphatic heterocycles. The zero-order chi connectivity index (χ0) is 22.9. The van der Waals surface area contributed by atoms with Crippen LogP contribution in [-0.4, -0.2) is 24.5 Å². The molecular weight excluding hydrogens is 402 g/mol. The number of anilines is 2. The number of ether oxygens (including phenoxy) is 1. The fourth-order valence-electron chi connectivity index (χ4n) is 3.06. The van der Waals surface area contributed by atoms with Gasteiger partial charge in [-0.25, -0.2) is 0 Å². The van der Waals surface area contributed by atoms with E-state index in [1.807, 2.05) is 75.4 Å². The molecule has 6 heteroatoms. The lowest BCUT2D eigenvalue weighted by Gasteiger charge is -2.11. The molecule has 0 unspecified atom stereocenters. The van der Waals surface area contributed by atoms with Gasteiger partial charge in [0.1, 0.15) is 5.75 Å². The summed E-state index contributed by atoms with van der Waals surface area (Å²) in [7, 11) is 0. The maximum atomic E-state index is 12.3. The molecule has 3 N–H and O–H groups in total. The normalized spacial score (nSPS) is 10.5. The lowest BCUT2D eigenvalue weighted by molar-refractivity contribution is -0.119. The van der Waals surface area contributed by atoms with Crippen LogP contribution in [0.3, 0.4) is 0 Å². The van der Waals surface area contributed by atoms with Crippen molar-refractivity contribution in [3.63, 3.8) is 0 Å². The maximum Gasteiger partial charge on any atom is 0.255 e. The number of amides is 2. The van der Waals surface area contributed by atoms with Crippen LogP contribution in [0.15, 0.2) is 72.8 Å². The van der Waals surface area contributed by atoms with Gasteiger partial charge < -0.3 is 20.7 Å². The number of nitrogens with one attached hydrogen (secondary N) is 3. The first-order valence-electron chi connectivity index (χ1n) is 10.6. The molecule has 0 aliphatic carbocycles. The van der Waals surface area contributed by atoms with Crippen molar-refractivity contribution in [2.24, 2.45) is 0 Å². The van der Waals surface area contributed by atoms with Crippen LogP contribution in [0.25, 0.3) is 0 Å².